The Morgan fingerprint density at radius 1 is 0.867 bits per heavy atom. The lowest BCUT2D eigenvalue weighted by Crippen LogP contribution is -2.12. The first-order chi connectivity index (χ1) is 22.1. The molecule has 0 bridgehead atoms. The van der Waals surface area contributed by atoms with Crippen molar-refractivity contribution in [3.05, 3.63) is 113 Å². The van der Waals surface area contributed by atoms with Crippen molar-refractivity contribution in [2.75, 3.05) is 6.61 Å². The average molecular weight is 598 g/mol. The Morgan fingerprint density at radius 2 is 1.62 bits per heavy atom. The maximum Gasteiger partial charge on any atom is 0.185 e. The molecule has 0 amide bonds. The number of unbranched alkanes of at least 4 members (excludes halogenated alkanes) is 1. The predicted octanol–water partition coefficient (Wildman–Crippen LogP) is 8.18. The van der Waals surface area contributed by atoms with E-state index in [2.05, 4.69) is 113 Å². The summed E-state index contributed by atoms with van der Waals surface area (Å²) in [7, 11) is 0. The minimum atomic E-state index is -0.268. The zero-order valence-electron chi connectivity index (χ0n) is 26.4. The molecule has 6 aromatic rings. The molecule has 8 nitrogen and oxygen atoms in total. The zero-order valence-corrected chi connectivity index (χ0v) is 26.4. The molecule has 8 heteroatoms. The summed E-state index contributed by atoms with van der Waals surface area (Å²) in [5, 5.41) is 12.5. The number of fused-ring (bicyclic) bond motifs is 1. The average Bonchev–Trinajstić information content (AvgIpc) is 3.69. The molecule has 228 valence electrons. The molecule has 0 aliphatic rings. The number of ether oxygens (including phenoxy) is 1. The number of nitrogens with zero attached hydrogens (tertiary/aromatic N) is 7. The van der Waals surface area contributed by atoms with Crippen molar-refractivity contribution in [2.45, 2.75) is 59.7 Å². The van der Waals surface area contributed by atoms with Gasteiger partial charge in [-0.25, -0.2) is 9.97 Å². The first kappa shape index (κ1) is 30.1. The van der Waals surface area contributed by atoms with Gasteiger partial charge in [-0.15, -0.1) is 5.10 Å². The molecular formula is C37H39N7O. The SMILES string of the molecule is CCCCc1nc2cc(/C=C/c3ccccc3)c(C)nc2n1Cc1ccc(-c2ccccc2-c2nnnn2C(C)OCC)cc1. The van der Waals surface area contributed by atoms with Gasteiger partial charge in [-0.1, -0.05) is 104 Å². The van der Waals surface area contributed by atoms with Gasteiger partial charge in [0.25, 0.3) is 0 Å². The van der Waals surface area contributed by atoms with Crippen LogP contribution in [0.5, 0.6) is 0 Å². The van der Waals surface area contributed by atoms with Crippen LogP contribution in [0.2, 0.25) is 0 Å². The van der Waals surface area contributed by atoms with E-state index in [1.165, 1.54) is 5.56 Å². The van der Waals surface area contributed by atoms with Gasteiger partial charge in [0.15, 0.2) is 17.7 Å². The van der Waals surface area contributed by atoms with Crippen LogP contribution in [0.4, 0.5) is 0 Å². The minimum absolute atomic E-state index is 0.268. The van der Waals surface area contributed by atoms with Gasteiger partial charge in [0.2, 0.25) is 0 Å². The van der Waals surface area contributed by atoms with Crippen LogP contribution in [0.25, 0.3) is 45.8 Å². The van der Waals surface area contributed by atoms with Gasteiger partial charge in [-0.2, -0.15) is 4.68 Å². The van der Waals surface area contributed by atoms with Crippen LogP contribution in [0.3, 0.4) is 0 Å². The largest absolute Gasteiger partial charge is 0.357 e. The molecule has 6 rings (SSSR count). The molecule has 0 saturated heterocycles. The van der Waals surface area contributed by atoms with E-state index in [-0.39, 0.29) is 6.23 Å². The van der Waals surface area contributed by atoms with Gasteiger partial charge in [-0.05, 0) is 71.5 Å². The molecule has 1 atom stereocenters. The lowest BCUT2D eigenvalue weighted by atomic mass is 9.98. The van der Waals surface area contributed by atoms with Crippen molar-refractivity contribution >= 4 is 23.3 Å². The molecule has 1 unspecified atom stereocenters. The van der Waals surface area contributed by atoms with Crippen LogP contribution in [-0.2, 0) is 17.7 Å². The molecule has 3 heterocycles. The number of hydrogen-bond donors (Lipinski definition) is 0. The van der Waals surface area contributed by atoms with E-state index < -0.39 is 0 Å². The van der Waals surface area contributed by atoms with Gasteiger partial charge in [-0.3, -0.25) is 0 Å². The molecular weight excluding hydrogens is 558 g/mol. The molecule has 45 heavy (non-hydrogen) atoms. The second-order valence-corrected chi connectivity index (χ2v) is 11.2. The Bertz CT molecular complexity index is 1910. The Kier molecular flexibility index (Phi) is 9.22. The van der Waals surface area contributed by atoms with Crippen LogP contribution in [0, 0.1) is 6.92 Å². The molecule has 3 aromatic carbocycles. The molecule has 3 aromatic heterocycles. The number of benzene rings is 3. The number of imidazole rings is 1. The van der Waals surface area contributed by atoms with Crippen molar-refractivity contribution in [2.24, 2.45) is 0 Å². The van der Waals surface area contributed by atoms with Gasteiger partial charge in [0, 0.05) is 24.3 Å². The minimum Gasteiger partial charge on any atom is -0.357 e. The van der Waals surface area contributed by atoms with Gasteiger partial charge in [0.05, 0.1) is 6.54 Å². The second kappa shape index (κ2) is 13.8. The third-order valence-electron chi connectivity index (χ3n) is 8.06. The Morgan fingerprint density at radius 3 is 2.38 bits per heavy atom. The highest BCUT2D eigenvalue weighted by Gasteiger charge is 2.19. The number of tetrazole rings is 1. The normalized spacial score (nSPS) is 12.4. The first-order valence-electron chi connectivity index (χ1n) is 15.7. The van der Waals surface area contributed by atoms with E-state index in [1.54, 1.807) is 4.68 Å². The smallest absolute Gasteiger partial charge is 0.185 e. The quantitative estimate of drug-likeness (QED) is 0.141. The molecule has 0 spiro atoms. The van der Waals surface area contributed by atoms with Crippen molar-refractivity contribution in [3.8, 4) is 22.5 Å². The maximum atomic E-state index is 5.77. The molecule has 0 fully saturated rings. The summed E-state index contributed by atoms with van der Waals surface area (Å²) >= 11 is 0. The topological polar surface area (TPSA) is 83.5 Å². The van der Waals surface area contributed by atoms with Gasteiger partial charge in [0.1, 0.15) is 11.3 Å². The van der Waals surface area contributed by atoms with Crippen LogP contribution in [-0.4, -0.2) is 41.3 Å². The number of pyridine rings is 1. The predicted molar refractivity (Wildman–Crippen MR) is 180 cm³/mol. The van der Waals surface area contributed by atoms with Gasteiger partial charge >= 0.3 is 0 Å². The third-order valence-corrected chi connectivity index (χ3v) is 8.06. The van der Waals surface area contributed by atoms with Crippen LogP contribution >= 0.6 is 0 Å². The number of rotatable bonds is 12. The van der Waals surface area contributed by atoms with Gasteiger partial charge < -0.3 is 9.30 Å². The third kappa shape index (κ3) is 6.61. The van der Waals surface area contributed by atoms with E-state index in [9.17, 15) is 0 Å². The molecule has 0 N–H and O–H groups in total. The van der Waals surface area contributed by atoms with Crippen LogP contribution < -0.4 is 0 Å². The lowest BCUT2D eigenvalue weighted by molar-refractivity contribution is 0.0159. The first-order valence-corrected chi connectivity index (χ1v) is 15.7. The summed E-state index contributed by atoms with van der Waals surface area (Å²) in [5.41, 5.74) is 9.41. The summed E-state index contributed by atoms with van der Waals surface area (Å²) in [6, 6.07) is 29.5. The van der Waals surface area contributed by atoms with E-state index in [4.69, 9.17) is 14.7 Å². The second-order valence-electron chi connectivity index (χ2n) is 11.2. The fourth-order valence-electron chi connectivity index (χ4n) is 5.64. The summed E-state index contributed by atoms with van der Waals surface area (Å²) in [4.78, 5) is 10.2. The number of aromatic nitrogens is 7. The van der Waals surface area contributed by atoms with Crippen molar-refractivity contribution in [3.63, 3.8) is 0 Å². The monoisotopic (exact) mass is 597 g/mol. The highest BCUT2D eigenvalue weighted by molar-refractivity contribution is 5.81. The van der Waals surface area contributed by atoms with Crippen molar-refractivity contribution < 1.29 is 4.74 Å². The van der Waals surface area contributed by atoms with Crippen molar-refractivity contribution in [1.29, 1.82) is 0 Å². The van der Waals surface area contributed by atoms with E-state index in [0.29, 0.717) is 19.0 Å². The molecule has 0 radical (unpaired) electrons. The standard InChI is InChI=1S/C37H39N7O/c1-5-7-17-35-39-34-24-31(23-18-28-13-9-8-10-14-28)26(3)38-37(34)43(35)25-29-19-21-30(22-20-29)32-15-11-12-16-33(32)36-40-41-42-44(36)27(4)45-6-2/h8-16,18-24,27H,5-7,17,25H2,1-4H3/b23-18+. The van der Waals surface area contributed by atoms with Crippen molar-refractivity contribution in [1.82, 2.24) is 34.7 Å². The Labute approximate surface area is 264 Å². The summed E-state index contributed by atoms with van der Waals surface area (Å²) in [5.74, 6) is 1.76. The number of aryl methyl sites for hydroxylation is 2. The summed E-state index contributed by atoms with van der Waals surface area (Å²) < 4.78 is 9.79. The van der Waals surface area contributed by atoms with E-state index in [1.807, 2.05) is 32.0 Å². The summed E-state index contributed by atoms with van der Waals surface area (Å²) in [6.07, 6.45) is 7.11. The fourth-order valence-corrected chi connectivity index (χ4v) is 5.64. The summed E-state index contributed by atoms with van der Waals surface area (Å²) in [6.45, 7) is 9.49. The van der Waals surface area contributed by atoms with E-state index >= 15 is 0 Å². The van der Waals surface area contributed by atoms with E-state index in [0.717, 1.165) is 69.8 Å². The number of hydrogen-bond acceptors (Lipinski definition) is 6. The van der Waals surface area contributed by atoms with Crippen LogP contribution in [0.1, 0.15) is 68.0 Å². The lowest BCUT2D eigenvalue weighted by Gasteiger charge is -2.15. The molecule has 0 aliphatic heterocycles. The molecule has 0 saturated carbocycles. The van der Waals surface area contributed by atoms with Crippen LogP contribution in [0.15, 0.2) is 84.9 Å². The fraction of sp³-hybridized carbons (Fsp3) is 0.270. The zero-order chi connectivity index (χ0) is 31.2. The molecule has 0 aliphatic carbocycles. The highest BCUT2D eigenvalue weighted by atomic mass is 16.5. The highest BCUT2D eigenvalue weighted by Crippen LogP contribution is 2.32. The Balaban J connectivity index is 1.30. The Hall–Kier alpha value is -4.95. The maximum absolute atomic E-state index is 5.77.